The van der Waals surface area contributed by atoms with Gasteiger partial charge in [0.1, 0.15) is 6.10 Å². The summed E-state index contributed by atoms with van der Waals surface area (Å²) in [7, 11) is 0. The van der Waals surface area contributed by atoms with Crippen LogP contribution in [0.25, 0.3) is 0 Å². The van der Waals surface area contributed by atoms with E-state index < -0.39 is 6.10 Å². The summed E-state index contributed by atoms with van der Waals surface area (Å²) >= 11 is 0. The van der Waals surface area contributed by atoms with Gasteiger partial charge >= 0.3 is 5.97 Å². The van der Waals surface area contributed by atoms with Crippen LogP contribution >= 0.6 is 0 Å². The predicted molar refractivity (Wildman–Crippen MR) is 89.0 cm³/mol. The highest BCUT2D eigenvalue weighted by Gasteiger charge is 2.64. The third-order valence-electron chi connectivity index (χ3n) is 7.30. The van der Waals surface area contributed by atoms with Gasteiger partial charge in [0.05, 0.1) is 18.6 Å². The molecule has 4 rings (SSSR count). The Labute approximate surface area is 142 Å². The SMILES string of the molecule is C[C@H]1C[C@H]2OC(=O)C3=CCC[C@@H]([C@]1(C)CC(O)c1ccoc1)[C@]32C. The van der Waals surface area contributed by atoms with E-state index in [0.717, 1.165) is 30.4 Å². The highest BCUT2D eigenvalue weighted by molar-refractivity contribution is 5.93. The number of ether oxygens (including phenoxy) is 1. The molecule has 1 aromatic rings. The number of aliphatic hydroxyl groups excluding tert-OH is 1. The number of hydrogen-bond acceptors (Lipinski definition) is 4. The Morgan fingerprint density at radius 2 is 2.21 bits per heavy atom. The molecule has 4 heteroatoms. The molecule has 0 spiro atoms. The van der Waals surface area contributed by atoms with Crippen LogP contribution in [0.3, 0.4) is 0 Å². The lowest BCUT2D eigenvalue weighted by molar-refractivity contribution is -0.150. The average Bonchev–Trinajstić information content (AvgIpc) is 3.14. The van der Waals surface area contributed by atoms with E-state index in [1.54, 1.807) is 12.5 Å². The molecule has 0 bridgehead atoms. The van der Waals surface area contributed by atoms with Crippen LogP contribution in [-0.4, -0.2) is 17.2 Å². The topological polar surface area (TPSA) is 59.7 Å². The molecule has 1 aromatic heterocycles. The molecule has 1 N–H and O–H groups in total. The fourth-order valence-electron chi connectivity index (χ4n) is 5.70. The van der Waals surface area contributed by atoms with E-state index >= 15 is 0 Å². The molecule has 24 heavy (non-hydrogen) atoms. The number of furan rings is 1. The lowest BCUT2D eigenvalue weighted by Crippen LogP contribution is -2.55. The lowest BCUT2D eigenvalue weighted by Gasteiger charge is -2.57. The van der Waals surface area contributed by atoms with Crippen LogP contribution in [-0.2, 0) is 9.53 Å². The van der Waals surface area contributed by atoms with Crippen LogP contribution in [0.2, 0.25) is 0 Å². The zero-order chi connectivity index (χ0) is 17.1. The van der Waals surface area contributed by atoms with E-state index in [-0.39, 0.29) is 22.9 Å². The standard InChI is InChI=1S/C20H26O4/c1-12-9-17-20(3)14(18(22)24-17)5-4-6-16(20)19(12,2)10-15(21)13-7-8-23-11-13/h5,7-8,11-12,15-17,21H,4,6,9-10H2,1-3H3/t12-,15?,16-,17+,19+,20-/m0/s1. The molecule has 4 nitrogen and oxygen atoms in total. The summed E-state index contributed by atoms with van der Waals surface area (Å²) in [6.07, 6.45) is 8.27. The fraction of sp³-hybridized carbons (Fsp3) is 0.650. The Kier molecular flexibility index (Phi) is 3.47. The summed E-state index contributed by atoms with van der Waals surface area (Å²) in [6.45, 7) is 6.73. The van der Waals surface area contributed by atoms with E-state index in [1.165, 1.54) is 0 Å². The first-order chi connectivity index (χ1) is 11.4. The molecular formula is C20H26O4. The van der Waals surface area contributed by atoms with Crippen LogP contribution in [0.4, 0.5) is 0 Å². The van der Waals surface area contributed by atoms with Crippen LogP contribution in [0, 0.1) is 22.7 Å². The van der Waals surface area contributed by atoms with Crippen molar-refractivity contribution < 1.29 is 19.1 Å². The molecular weight excluding hydrogens is 304 g/mol. The molecule has 3 aliphatic rings. The van der Waals surface area contributed by atoms with Crippen molar-refractivity contribution in [1.82, 2.24) is 0 Å². The second-order valence-corrected chi connectivity index (χ2v) is 8.34. The molecule has 0 radical (unpaired) electrons. The minimum Gasteiger partial charge on any atom is -0.472 e. The highest BCUT2D eigenvalue weighted by atomic mass is 16.6. The number of carbonyl (C=O) groups excluding carboxylic acids is 1. The van der Waals surface area contributed by atoms with Crippen molar-refractivity contribution in [2.45, 2.75) is 58.7 Å². The lowest BCUT2D eigenvalue weighted by atomic mass is 9.46. The van der Waals surface area contributed by atoms with E-state index in [0.29, 0.717) is 18.3 Å². The Bertz CT molecular complexity index is 676. The maximum absolute atomic E-state index is 12.3. The van der Waals surface area contributed by atoms with Crippen LogP contribution in [0.15, 0.2) is 34.7 Å². The van der Waals surface area contributed by atoms with Crippen molar-refractivity contribution in [3.8, 4) is 0 Å². The van der Waals surface area contributed by atoms with Gasteiger partial charge in [-0.25, -0.2) is 4.79 Å². The summed E-state index contributed by atoms with van der Waals surface area (Å²) < 4.78 is 10.9. The quantitative estimate of drug-likeness (QED) is 0.851. The van der Waals surface area contributed by atoms with E-state index in [1.807, 2.05) is 6.07 Å². The number of carbonyl (C=O) groups is 1. The normalized spacial score (nSPS) is 42.2. The van der Waals surface area contributed by atoms with Crippen molar-refractivity contribution in [3.05, 3.63) is 35.8 Å². The summed E-state index contributed by atoms with van der Waals surface area (Å²) in [6, 6.07) is 1.83. The van der Waals surface area contributed by atoms with E-state index in [9.17, 15) is 9.90 Å². The molecule has 1 aliphatic heterocycles. The first-order valence-electron chi connectivity index (χ1n) is 8.99. The molecule has 1 saturated carbocycles. The third kappa shape index (κ3) is 1.98. The molecule has 2 heterocycles. The number of aliphatic hydroxyl groups is 1. The van der Waals surface area contributed by atoms with Gasteiger partial charge in [-0.3, -0.25) is 0 Å². The zero-order valence-electron chi connectivity index (χ0n) is 14.6. The van der Waals surface area contributed by atoms with Crippen molar-refractivity contribution in [2.24, 2.45) is 22.7 Å². The molecule has 0 aromatic carbocycles. The third-order valence-corrected chi connectivity index (χ3v) is 7.30. The maximum atomic E-state index is 12.3. The van der Waals surface area contributed by atoms with Crippen molar-refractivity contribution in [2.75, 3.05) is 0 Å². The Balaban J connectivity index is 1.71. The number of rotatable bonds is 3. The molecule has 0 amide bonds. The molecule has 1 unspecified atom stereocenters. The van der Waals surface area contributed by atoms with Gasteiger partial charge < -0.3 is 14.3 Å². The van der Waals surface area contributed by atoms with Gasteiger partial charge in [0.15, 0.2) is 0 Å². The molecule has 2 fully saturated rings. The Morgan fingerprint density at radius 3 is 2.92 bits per heavy atom. The van der Waals surface area contributed by atoms with Crippen LogP contribution < -0.4 is 0 Å². The smallest absolute Gasteiger partial charge is 0.334 e. The van der Waals surface area contributed by atoms with Gasteiger partial charge in [-0.2, -0.15) is 0 Å². The first-order valence-corrected chi connectivity index (χ1v) is 8.99. The summed E-state index contributed by atoms with van der Waals surface area (Å²) in [5.74, 6) is 0.596. The minimum atomic E-state index is -0.538. The number of esters is 1. The fourth-order valence-corrected chi connectivity index (χ4v) is 5.70. The second-order valence-electron chi connectivity index (χ2n) is 8.34. The van der Waals surface area contributed by atoms with Crippen molar-refractivity contribution in [3.63, 3.8) is 0 Å². The van der Waals surface area contributed by atoms with Gasteiger partial charge in [0.2, 0.25) is 0 Å². The minimum absolute atomic E-state index is 0.0179. The monoisotopic (exact) mass is 330 g/mol. The van der Waals surface area contributed by atoms with Gasteiger partial charge in [0, 0.05) is 16.6 Å². The van der Waals surface area contributed by atoms with Crippen LogP contribution in [0.1, 0.15) is 58.1 Å². The van der Waals surface area contributed by atoms with E-state index in [4.69, 9.17) is 9.15 Å². The maximum Gasteiger partial charge on any atom is 0.334 e. The molecule has 2 aliphatic carbocycles. The van der Waals surface area contributed by atoms with Crippen molar-refractivity contribution >= 4 is 5.97 Å². The largest absolute Gasteiger partial charge is 0.472 e. The average molecular weight is 330 g/mol. The summed E-state index contributed by atoms with van der Waals surface area (Å²) in [5.41, 5.74) is 1.45. The van der Waals surface area contributed by atoms with Crippen molar-refractivity contribution in [1.29, 1.82) is 0 Å². The van der Waals surface area contributed by atoms with Gasteiger partial charge in [-0.15, -0.1) is 0 Å². The first kappa shape index (κ1) is 15.9. The van der Waals surface area contributed by atoms with Gasteiger partial charge in [-0.1, -0.05) is 26.8 Å². The number of hydrogen-bond donors (Lipinski definition) is 1. The highest BCUT2D eigenvalue weighted by Crippen LogP contribution is 2.65. The second kappa shape index (κ2) is 5.22. The zero-order valence-corrected chi connectivity index (χ0v) is 14.6. The van der Waals surface area contributed by atoms with Gasteiger partial charge in [-0.05, 0) is 49.0 Å². The molecule has 130 valence electrons. The van der Waals surface area contributed by atoms with Gasteiger partial charge in [0.25, 0.3) is 0 Å². The molecule has 1 saturated heterocycles. The Morgan fingerprint density at radius 1 is 1.42 bits per heavy atom. The van der Waals surface area contributed by atoms with Crippen LogP contribution in [0.5, 0.6) is 0 Å². The van der Waals surface area contributed by atoms with E-state index in [2.05, 4.69) is 26.8 Å². The number of allylic oxidation sites excluding steroid dienone is 1. The predicted octanol–water partition coefficient (Wildman–Crippen LogP) is 4.02. The summed E-state index contributed by atoms with van der Waals surface area (Å²) in [5, 5.41) is 10.7. The Hall–Kier alpha value is -1.55. The molecule has 6 atom stereocenters. The summed E-state index contributed by atoms with van der Waals surface area (Å²) in [4.78, 5) is 12.3.